The number of amides is 1. The fourth-order valence-corrected chi connectivity index (χ4v) is 2.51. The van der Waals surface area contributed by atoms with Gasteiger partial charge in [-0.1, -0.05) is 6.07 Å². The van der Waals surface area contributed by atoms with E-state index in [0.717, 1.165) is 21.4 Å². The number of benzene rings is 2. The van der Waals surface area contributed by atoms with E-state index in [2.05, 4.69) is 10.4 Å². The average molecular weight is 376 g/mol. The molecule has 1 N–H and O–H groups in total. The molecule has 0 spiro atoms. The molecular formula is C18H15F3N4O2. The summed E-state index contributed by atoms with van der Waals surface area (Å²) in [5.41, 5.74) is 0.171. The molecule has 0 saturated heterocycles. The highest BCUT2D eigenvalue weighted by atomic mass is 19.2. The lowest BCUT2D eigenvalue weighted by Gasteiger charge is -2.14. The zero-order chi connectivity index (χ0) is 19.6. The molecule has 0 aliphatic carbocycles. The minimum absolute atomic E-state index is 0.311. The molecule has 1 amide bonds. The predicted octanol–water partition coefficient (Wildman–Crippen LogP) is 2.33. The van der Waals surface area contributed by atoms with Crippen LogP contribution < -0.4 is 11.0 Å². The van der Waals surface area contributed by atoms with Crippen molar-refractivity contribution in [2.24, 2.45) is 0 Å². The number of hydrogen-bond donors (Lipinski definition) is 1. The highest BCUT2D eigenvalue weighted by Crippen LogP contribution is 2.15. The Morgan fingerprint density at radius 1 is 1.11 bits per heavy atom. The molecule has 6 nitrogen and oxygen atoms in total. The second kappa shape index (κ2) is 7.48. The van der Waals surface area contributed by atoms with Crippen molar-refractivity contribution in [1.29, 1.82) is 0 Å². The third kappa shape index (κ3) is 4.08. The van der Waals surface area contributed by atoms with Crippen LogP contribution in [0, 0.1) is 17.5 Å². The Balaban J connectivity index is 1.70. The molecule has 0 aliphatic heterocycles. The van der Waals surface area contributed by atoms with Crippen molar-refractivity contribution in [3.05, 3.63) is 82.3 Å². The molecule has 1 atom stereocenters. The van der Waals surface area contributed by atoms with Crippen molar-refractivity contribution in [2.75, 3.05) is 0 Å². The van der Waals surface area contributed by atoms with E-state index >= 15 is 0 Å². The Hall–Kier alpha value is -3.36. The largest absolute Gasteiger partial charge is 0.350 e. The van der Waals surface area contributed by atoms with Crippen molar-refractivity contribution in [2.45, 2.75) is 19.5 Å². The Morgan fingerprint density at radius 3 is 2.48 bits per heavy atom. The molecule has 140 valence electrons. The first kappa shape index (κ1) is 18.4. The van der Waals surface area contributed by atoms with Gasteiger partial charge in [-0.2, -0.15) is 9.78 Å². The van der Waals surface area contributed by atoms with Crippen LogP contribution in [0.3, 0.4) is 0 Å². The zero-order valence-electron chi connectivity index (χ0n) is 14.2. The van der Waals surface area contributed by atoms with Crippen LogP contribution in [0.1, 0.15) is 18.5 Å². The van der Waals surface area contributed by atoms with Crippen LogP contribution in [0.5, 0.6) is 0 Å². The number of carbonyl (C=O) groups is 1. The van der Waals surface area contributed by atoms with E-state index in [4.69, 9.17) is 0 Å². The third-order valence-corrected chi connectivity index (χ3v) is 3.94. The summed E-state index contributed by atoms with van der Waals surface area (Å²) in [5.74, 6) is -2.94. The van der Waals surface area contributed by atoms with Gasteiger partial charge in [0, 0.05) is 0 Å². The first-order valence-corrected chi connectivity index (χ1v) is 8.00. The minimum Gasteiger partial charge on any atom is -0.348 e. The van der Waals surface area contributed by atoms with E-state index in [-0.39, 0.29) is 6.54 Å². The molecule has 0 unspecified atom stereocenters. The summed E-state index contributed by atoms with van der Waals surface area (Å²) < 4.78 is 41.4. The molecule has 27 heavy (non-hydrogen) atoms. The van der Waals surface area contributed by atoms with Crippen molar-refractivity contribution >= 4 is 5.91 Å². The molecule has 2 aromatic carbocycles. The molecule has 1 heterocycles. The fourth-order valence-electron chi connectivity index (χ4n) is 2.51. The Kier molecular flexibility index (Phi) is 5.11. The quantitative estimate of drug-likeness (QED) is 0.743. The van der Waals surface area contributed by atoms with Crippen LogP contribution in [-0.4, -0.2) is 20.3 Å². The lowest BCUT2D eigenvalue weighted by Crippen LogP contribution is -2.34. The van der Waals surface area contributed by atoms with E-state index in [1.54, 1.807) is 6.92 Å². The van der Waals surface area contributed by atoms with Gasteiger partial charge in [0.05, 0.1) is 11.7 Å². The predicted molar refractivity (Wildman–Crippen MR) is 90.7 cm³/mol. The molecule has 0 bridgehead atoms. The smallest absolute Gasteiger partial charge is 0.348 e. The van der Waals surface area contributed by atoms with Crippen LogP contribution in [0.2, 0.25) is 0 Å². The first-order chi connectivity index (χ1) is 12.8. The Bertz CT molecular complexity index is 1030. The lowest BCUT2D eigenvalue weighted by atomic mass is 10.1. The van der Waals surface area contributed by atoms with E-state index < -0.39 is 35.1 Å². The first-order valence-electron chi connectivity index (χ1n) is 8.00. The maximum Gasteiger partial charge on any atom is 0.350 e. The highest BCUT2D eigenvalue weighted by Gasteiger charge is 2.15. The summed E-state index contributed by atoms with van der Waals surface area (Å²) in [6.07, 6.45) is 1.19. The number of aromatic nitrogens is 3. The van der Waals surface area contributed by atoms with Crippen molar-refractivity contribution in [3.8, 4) is 5.69 Å². The fraction of sp³-hybridized carbons (Fsp3) is 0.167. The van der Waals surface area contributed by atoms with Gasteiger partial charge in [0.15, 0.2) is 11.6 Å². The monoisotopic (exact) mass is 376 g/mol. The molecule has 0 fully saturated rings. The number of hydrogen-bond acceptors (Lipinski definition) is 3. The molecule has 0 aliphatic rings. The maximum absolute atomic E-state index is 13.3. The van der Waals surface area contributed by atoms with Crippen LogP contribution in [0.15, 0.2) is 53.6 Å². The number of nitrogens with one attached hydrogen (secondary N) is 1. The lowest BCUT2D eigenvalue weighted by molar-refractivity contribution is -0.122. The van der Waals surface area contributed by atoms with E-state index in [1.807, 2.05) is 0 Å². The Labute approximate surface area is 151 Å². The molecule has 1 aromatic heterocycles. The molecule has 3 rings (SSSR count). The molecule has 9 heteroatoms. The minimum atomic E-state index is -1.01. The maximum atomic E-state index is 13.3. The molecular weight excluding hydrogens is 361 g/mol. The SMILES string of the molecule is C[C@H](NC(=O)Cn1cnn(-c2ccc(F)cc2)c1=O)c1ccc(F)c(F)c1. The van der Waals surface area contributed by atoms with Crippen molar-refractivity contribution in [3.63, 3.8) is 0 Å². The van der Waals surface area contributed by atoms with Gasteiger partial charge in [0.1, 0.15) is 18.7 Å². The highest BCUT2D eigenvalue weighted by molar-refractivity contribution is 5.76. The van der Waals surface area contributed by atoms with Crippen LogP contribution in [0.4, 0.5) is 13.2 Å². The molecule has 0 saturated carbocycles. The molecule has 3 aromatic rings. The van der Waals surface area contributed by atoms with Gasteiger partial charge in [-0.15, -0.1) is 0 Å². The van der Waals surface area contributed by atoms with Gasteiger partial charge in [0.25, 0.3) is 0 Å². The van der Waals surface area contributed by atoms with Crippen LogP contribution in [0.25, 0.3) is 5.69 Å². The van der Waals surface area contributed by atoms with Crippen LogP contribution >= 0.6 is 0 Å². The number of carbonyl (C=O) groups excluding carboxylic acids is 1. The number of nitrogens with zero attached hydrogens (tertiary/aromatic N) is 3. The van der Waals surface area contributed by atoms with E-state index in [9.17, 15) is 22.8 Å². The summed E-state index contributed by atoms with van der Waals surface area (Å²) in [4.78, 5) is 24.5. The third-order valence-electron chi connectivity index (χ3n) is 3.94. The molecule has 0 radical (unpaired) electrons. The van der Waals surface area contributed by atoms with Gasteiger partial charge in [-0.25, -0.2) is 18.0 Å². The van der Waals surface area contributed by atoms with Crippen molar-refractivity contribution in [1.82, 2.24) is 19.7 Å². The van der Waals surface area contributed by atoms with Gasteiger partial charge in [0.2, 0.25) is 5.91 Å². The normalized spacial score (nSPS) is 12.0. The zero-order valence-corrected chi connectivity index (χ0v) is 14.2. The summed E-state index contributed by atoms with van der Waals surface area (Å²) in [5, 5.41) is 6.50. The standard InChI is InChI=1S/C18H15F3N4O2/c1-11(12-2-7-15(20)16(21)8-12)23-17(26)9-24-10-22-25(18(24)27)14-5-3-13(19)4-6-14/h2-8,10-11H,9H2,1H3,(H,23,26)/t11-/m0/s1. The van der Waals surface area contributed by atoms with Gasteiger partial charge in [-0.05, 0) is 48.9 Å². The number of halogens is 3. The summed E-state index contributed by atoms with van der Waals surface area (Å²) >= 11 is 0. The summed E-state index contributed by atoms with van der Waals surface area (Å²) in [6.45, 7) is 1.29. The summed E-state index contributed by atoms with van der Waals surface area (Å²) in [6, 6.07) is 7.91. The number of rotatable bonds is 5. The summed E-state index contributed by atoms with van der Waals surface area (Å²) in [7, 11) is 0. The van der Waals surface area contributed by atoms with Gasteiger partial charge in [-0.3, -0.25) is 9.36 Å². The van der Waals surface area contributed by atoms with Gasteiger partial charge >= 0.3 is 5.69 Å². The Morgan fingerprint density at radius 2 is 1.81 bits per heavy atom. The van der Waals surface area contributed by atoms with E-state index in [1.165, 1.54) is 36.7 Å². The average Bonchev–Trinajstić information content (AvgIpc) is 2.98. The van der Waals surface area contributed by atoms with Gasteiger partial charge < -0.3 is 5.32 Å². The topological polar surface area (TPSA) is 68.9 Å². The second-order valence-electron chi connectivity index (χ2n) is 5.89. The van der Waals surface area contributed by atoms with Crippen molar-refractivity contribution < 1.29 is 18.0 Å². The van der Waals surface area contributed by atoms with Crippen LogP contribution in [-0.2, 0) is 11.3 Å². The second-order valence-corrected chi connectivity index (χ2v) is 5.89. The van der Waals surface area contributed by atoms with E-state index in [0.29, 0.717) is 11.3 Å².